The third-order valence-corrected chi connectivity index (χ3v) is 1.62. The zero-order valence-electron chi connectivity index (χ0n) is 6.56. The van der Waals surface area contributed by atoms with Gasteiger partial charge in [-0.3, -0.25) is 4.79 Å². The second-order valence-electron chi connectivity index (χ2n) is 2.50. The zero-order valence-corrected chi connectivity index (χ0v) is 6.56. The van der Waals surface area contributed by atoms with E-state index in [1.54, 1.807) is 19.1 Å². The Labute approximate surface area is 68.8 Å². The van der Waals surface area contributed by atoms with Gasteiger partial charge in [-0.05, 0) is 19.1 Å². The number of aldehydes is 1. The standard InChI is InChI=1S/C8H7N3O/c1-6-9-8-4-2-3-7(5-12)11(8)10-6/h2-5H,1H3. The van der Waals surface area contributed by atoms with E-state index in [1.165, 1.54) is 4.52 Å². The minimum absolute atomic E-state index is 0.521. The van der Waals surface area contributed by atoms with Crippen molar-refractivity contribution in [2.45, 2.75) is 6.92 Å². The van der Waals surface area contributed by atoms with Gasteiger partial charge in [0.25, 0.3) is 0 Å². The molecule has 0 spiro atoms. The van der Waals surface area contributed by atoms with Crippen LogP contribution in [0.5, 0.6) is 0 Å². The summed E-state index contributed by atoms with van der Waals surface area (Å²) in [7, 11) is 0. The predicted octanol–water partition coefficient (Wildman–Crippen LogP) is 0.850. The van der Waals surface area contributed by atoms with Crippen LogP contribution in [0.3, 0.4) is 0 Å². The average molecular weight is 161 g/mol. The van der Waals surface area contributed by atoms with Crippen molar-refractivity contribution in [2.75, 3.05) is 0 Å². The molecule has 2 aromatic rings. The summed E-state index contributed by atoms with van der Waals surface area (Å²) in [5, 5.41) is 4.06. The predicted molar refractivity (Wildman–Crippen MR) is 43.1 cm³/mol. The van der Waals surface area contributed by atoms with Crippen LogP contribution in [0.1, 0.15) is 16.3 Å². The van der Waals surface area contributed by atoms with E-state index in [4.69, 9.17) is 0 Å². The summed E-state index contributed by atoms with van der Waals surface area (Å²) in [5.41, 5.74) is 1.23. The van der Waals surface area contributed by atoms with Crippen LogP contribution in [0.4, 0.5) is 0 Å². The van der Waals surface area contributed by atoms with E-state index in [2.05, 4.69) is 10.1 Å². The Morgan fingerprint density at radius 1 is 1.50 bits per heavy atom. The van der Waals surface area contributed by atoms with Crippen molar-refractivity contribution in [1.29, 1.82) is 0 Å². The molecule has 0 N–H and O–H groups in total. The van der Waals surface area contributed by atoms with Gasteiger partial charge in [0.2, 0.25) is 0 Å². The number of fused-ring (bicyclic) bond motifs is 1. The lowest BCUT2D eigenvalue weighted by Crippen LogP contribution is -1.95. The normalized spacial score (nSPS) is 10.4. The summed E-state index contributed by atoms with van der Waals surface area (Å²) in [6.07, 6.45) is 0.765. The van der Waals surface area contributed by atoms with Crippen molar-refractivity contribution >= 4 is 11.9 Å². The van der Waals surface area contributed by atoms with Crippen LogP contribution in [-0.2, 0) is 0 Å². The minimum Gasteiger partial charge on any atom is -0.296 e. The molecule has 2 heterocycles. The number of rotatable bonds is 1. The number of pyridine rings is 1. The summed E-state index contributed by atoms with van der Waals surface area (Å²) < 4.78 is 1.53. The molecule has 0 saturated carbocycles. The highest BCUT2D eigenvalue weighted by atomic mass is 16.1. The lowest BCUT2D eigenvalue weighted by atomic mass is 10.4. The van der Waals surface area contributed by atoms with Crippen molar-refractivity contribution in [3.8, 4) is 0 Å². The molecule has 0 bridgehead atoms. The number of carbonyl (C=O) groups excluding carboxylic acids is 1. The van der Waals surface area contributed by atoms with Gasteiger partial charge in [-0.25, -0.2) is 9.50 Å². The van der Waals surface area contributed by atoms with Crippen molar-refractivity contribution in [1.82, 2.24) is 14.6 Å². The van der Waals surface area contributed by atoms with Gasteiger partial charge in [0.05, 0.1) is 0 Å². The van der Waals surface area contributed by atoms with Crippen molar-refractivity contribution in [3.05, 3.63) is 29.7 Å². The smallest absolute Gasteiger partial charge is 0.168 e. The van der Waals surface area contributed by atoms with Crippen molar-refractivity contribution in [3.63, 3.8) is 0 Å². The summed E-state index contributed by atoms with van der Waals surface area (Å²) in [6.45, 7) is 1.79. The fraction of sp³-hybridized carbons (Fsp3) is 0.125. The van der Waals surface area contributed by atoms with Gasteiger partial charge >= 0.3 is 0 Å². The summed E-state index contributed by atoms with van der Waals surface area (Å²) in [6, 6.07) is 5.30. The highest BCUT2D eigenvalue weighted by Crippen LogP contribution is 2.02. The zero-order chi connectivity index (χ0) is 8.55. The first-order chi connectivity index (χ1) is 5.81. The highest BCUT2D eigenvalue weighted by Gasteiger charge is 2.01. The first-order valence-electron chi connectivity index (χ1n) is 3.59. The Balaban J connectivity index is 2.86. The van der Waals surface area contributed by atoms with Gasteiger partial charge in [0.1, 0.15) is 11.5 Å². The van der Waals surface area contributed by atoms with Crippen molar-refractivity contribution in [2.24, 2.45) is 0 Å². The molecule has 12 heavy (non-hydrogen) atoms. The molecule has 0 aromatic carbocycles. The van der Waals surface area contributed by atoms with E-state index >= 15 is 0 Å². The topological polar surface area (TPSA) is 47.3 Å². The fourth-order valence-corrected chi connectivity index (χ4v) is 1.12. The van der Waals surface area contributed by atoms with Gasteiger partial charge in [-0.15, -0.1) is 0 Å². The van der Waals surface area contributed by atoms with Crippen LogP contribution in [0.2, 0.25) is 0 Å². The third kappa shape index (κ3) is 0.887. The van der Waals surface area contributed by atoms with Crippen molar-refractivity contribution < 1.29 is 4.79 Å². The Kier molecular flexibility index (Phi) is 1.40. The van der Waals surface area contributed by atoms with Gasteiger partial charge < -0.3 is 0 Å². The Bertz CT molecular complexity index is 433. The number of hydrogen-bond acceptors (Lipinski definition) is 3. The van der Waals surface area contributed by atoms with Crippen LogP contribution in [0.25, 0.3) is 5.65 Å². The summed E-state index contributed by atoms with van der Waals surface area (Å²) in [5.74, 6) is 0.671. The Morgan fingerprint density at radius 2 is 2.33 bits per heavy atom. The number of nitrogens with zero attached hydrogens (tertiary/aromatic N) is 3. The molecule has 0 unspecified atom stereocenters. The van der Waals surface area contributed by atoms with Crippen LogP contribution in [0, 0.1) is 6.92 Å². The van der Waals surface area contributed by atoms with Gasteiger partial charge in [0, 0.05) is 0 Å². The van der Waals surface area contributed by atoms with Crippen LogP contribution < -0.4 is 0 Å². The molecule has 0 radical (unpaired) electrons. The molecule has 0 aliphatic rings. The maximum atomic E-state index is 10.5. The number of carbonyl (C=O) groups is 1. The SMILES string of the molecule is Cc1nc2cccc(C=O)n2n1. The molecule has 0 aliphatic heterocycles. The van der Waals surface area contributed by atoms with Gasteiger partial charge in [-0.1, -0.05) is 6.07 Å². The molecular weight excluding hydrogens is 154 g/mol. The van der Waals surface area contributed by atoms with E-state index < -0.39 is 0 Å². The molecule has 0 fully saturated rings. The summed E-state index contributed by atoms with van der Waals surface area (Å²) >= 11 is 0. The van der Waals surface area contributed by atoms with Gasteiger partial charge in [0.15, 0.2) is 11.9 Å². The molecule has 2 aromatic heterocycles. The lowest BCUT2D eigenvalue weighted by Gasteiger charge is -1.92. The monoisotopic (exact) mass is 161 g/mol. The molecule has 0 amide bonds. The first kappa shape index (κ1) is 6.97. The molecule has 4 nitrogen and oxygen atoms in total. The molecule has 4 heteroatoms. The Hall–Kier alpha value is -1.71. The number of aryl methyl sites for hydroxylation is 1. The van der Waals surface area contributed by atoms with Crippen LogP contribution >= 0.6 is 0 Å². The molecule has 2 rings (SSSR count). The number of aromatic nitrogens is 3. The average Bonchev–Trinajstić information content (AvgIpc) is 2.44. The second kappa shape index (κ2) is 2.41. The number of hydrogen-bond donors (Lipinski definition) is 0. The molecule has 0 aliphatic carbocycles. The first-order valence-corrected chi connectivity index (χ1v) is 3.59. The Morgan fingerprint density at radius 3 is 3.08 bits per heavy atom. The molecule has 60 valence electrons. The van der Waals surface area contributed by atoms with E-state index in [1.807, 2.05) is 6.07 Å². The minimum atomic E-state index is 0.521. The van der Waals surface area contributed by atoms with E-state index in [0.29, 0.717) is 17.2 Å². The lowest BCUT2D eigenvalue weighted by molar-refractivity contribution is 0.111. The van der Waals surface area contributed by atoms with E-state index in [-0.39, 0.29) is 0 Å². The quantitative estimate of drug-likeness (QED) is 0.582. The fourth-order valence-electron chi connectivity index (χ4n) is 1.12. The highest BCUT2D eigenvalue weighted by molar-refractivity contribution is 5.73. The van der Waals surface area contributed by atoms with E-state index in [0.717, 1.165) is 6.29 Å². The summed E-state index contributed by atoms with van der Waals surface area (Å²) in [4.78, 5) is 14.7. The van der Waals surface area contributed by atoms with E-state index in [9.17, 15) is 4.79 Å². The second-order valence-corrected chi connectivity index (χ2v) is 2.50. The molecule has 0 atom stereocenters. The molecule has 0 saturated heterocycles. The van der Waals surface area contributed by atoms with Crippen LogP contribution in [-0.4, -0.2) is 20.9 Å². The van der Waals surface area contributed by atoms with Gasteiger partial charge in [-0.2, -0.15) is 5.10 Å². The van der Waals surface area contributed by atoms with Crippen LogP contribution in [0.15, 0.2) is 18.2 Å². The maximum Gasteiger partial charge on any atom is 0.168 e. The third-order valence-electron chi connectivity index (χ3n) is 1.62. The maximum absolute atomic E-state index is 10.5. The largest absolute Gasteiger partial charge is 0.296 e. The molecular formula is C8H7N3O.